The van der Waals surface area contributed by atoms with Crippen LogP contribution in [0.4, 0.5) is 4.79 Å². The van der Waals surface area contributed by atoms with Crippen LogP contribution in [0.2, 0.25) is 0 Å². The van der Waals surface area contributed by atoms with Crippen LogP contribution in [-0.4, -0.2) is 35.4 Å². The van der Waals surface area contributed by atoms with E-state index in [-0.39, 0.29) is 24.8 Å². The largest absolute Gasteiger partial charge is 0.446 e. The van der Waals surface area contributed by atoms with Crippen molar-refractivity contribution in [1.82, 2.24) is 4.90 Å². The number of amides is 1. The Bertz CT molecular complexity index is 449. The summed E-state index contributed by atoms with van der Waals surface area (Å²) in [4.78, 5) is 13.8. The number of aliphatic hydroxyl groups excluding tert-OH is 1. The fourth-order valence-electron chi connectivity index (χ4n) is 2.44. The molecule has 1 heterocycles. The van der Waals surface area contributed by atoms with Crippen LogP contribution < -0.4 is 0 Å². The molecule has 0 saturated carbocycles. The molecule has 2 atom stereocenters. The highest BCUT2D eigenvalue weighted by molar-refractivity contribution is 9.10. The molecular weight excluding hydrogens is 322 g/mol. The Morgan fingerprint density at radius 1 is 1.45 bits per heavy atom. The number of aliphatic hydroxyl groups is 1. The molecule has 1 saturated heterocycles. The van der Waals surface area contributed by atoms with Gasteiger partial charge in [-0.25, -0.2) is 4.79 Å². The molecule has 0 aliphatic carbocycles. The molecule has 1 fully saturated rings. The van der Waals surface area contributed by atoms with Crippen molar-refractivity contribution in [1.29, 1.82) is 0 Å². The zero-order valence-corrected chi connectivity index (χ0v) is 13.2. The van der Waals surface area contributed by atoms with Gasteiger partial charge in [0, 0.05) is 24.0 Å². The van der Waals surface area contributed by atoms with E-state index in [9.17, 15) is 4.79 Å². The first-order valence-electron chi connectivity index (χ1n) is 6.95. The van der Waals surface area contributed by atoms with E-state index in [2.05, 4.69) is 15.9 Å². The monoisotopic (exact) mass is 341 g/mol. The lowest BCUT2D eigenvalue weighted by Gasteiger charge is -2.35. The van der Waals surface area contributed by atoms with E-state index in [0.717, 1.165) is 22.9 Å². The Morgan fingerprint density at radius 2 is 2.15 bits per heavy atom. The van der Waals surface area contributed by atoms with Crippen molar-refractivity contribution in [3.8, 4) is 0 Å². The maximum absolute atomic E-state index is 12.1. The molecule has 1 aromatic rings. The van der Waals surface area contributed by atoms with E-state index in [1.807, 2.05) is 31.2 Å². The maximum atomic E-state index is 12.1. The molecule has 5 heteroatoms. The number of halogens is 1. The molecular formula is C15H20BrNO3. The summed E-state index contributed by atoms with van der Waals surface area (Å²) in [6.07, 6.45) is 1.94. The second-order valence-corrected chi connectivity index (χ2v) is 6.00. The first-order chi connectivity index (χ1) is 9.61. The molecule has 0 bridgehead atoms. The topological polar surface area (TPSA) is 49.8 Å². The first-order valence-corrected chi connectivity index (χ1v) is 7.74. The molecule has 1 aliphatic rings. The lowest BCUT2D eigenvalue weighted by Crippen LogP contribution is -2.43. The lowest BCUT2D eigenvalue weighted by molar-refractivity contribution is 0.00760. The Balaban J connectivity index is 1.96. The Morgan fingerprint density at radius 3 is 2.75 bits per heavy atom. The molecule has 20 heavy (non-hydrogen) atoms. The van der Waals surface area contributed by atoms with Crippen LogP contribution in [0.1, 0.15) is 37.8 Å². The Hall–Kier alpha value is -1.07. The van der Waals surface area contributed by atoms with Gasteiger partial charge in [0.15, 0.2) is 0 Å². The number of benzene rings is 1. The second-order valence-electron chi connectivity index (χ2n) is 5.08. The molecule has 1 aromatic carbocycles. The van der Waals surface area contributed by atoms with E-state index in [1.54, 1.807) is 4.90 Å². The SMILES string of the molecule is CC(c1ccc(Br)cc1)N1CCC(CCCO)OC1=O. The highest BCUT2D eigenvalue weighted by atomic mass is 79.9. The van der Waals surface area contributed by atoms with Crippen molar-refractivity contribution in [2.75, 3.05) is 13.2 Å². The van der Waals surface area contributed by atoms with Crippen molar-refractivity contribution in [2.45, 2.75) is 38.3 Å². The van der Waals surface area contributed by atoms with Crippen LogP contribution in [0.25, 0.3) is 0 Å². The summed E-state index contributed by atoms with van der Waals surface area (Å²) >= 11 is 3.41. The average molecular weight is 342 g/mol. The van der Waals surface area contributed by atoms with Crippen molar-refractivity contribution in [2.24, 2.45) is 0 Å². The normalized spacial score (nSPS) is 20.6. The predicted molar refractivity (Wildman–Crippen MR) is 80.5 cm³/mol. The second kappa shape index (κ2) is 7.09. The lowest BCUT2D eigenvalue weighted by atomic mass is 10.0. The van der Waals surface area contributed by atoms with Gasteiger partial charge in [0.25, 0.3) is 0 Å². The molecule has 110 valence electrons. The summed E-state index contributed by atoms with van der Waals surface area (Å²) in [7, 11) is 0. The highest BCUT2D eigenvalue weighted by Crippen LogP contribution is 2.27. The van der Waals surface area contributed by atoms with Crippen LogP contribution in [0.3, 0.4) is 0 Å². The summed E-state index contributed by atoms with van der Waals surface area (Å²) in [5, 5.41) is 8.82. The van der Waals surface area contributed by atoms with E-state index in [0.29, 0.717) is 13.0 Å². The third-order valence-corrected chi connectivity index (χ3v) is 4.23. The molecule has 2 rings (SSSR count). The molecule has 1 N–H and O–H groups in total. The van der Waals surface area contributed by atoms with Gasteiger partial charge >= 0.3 is 6.09 Å². The minimum absolute atomic E-state index is 0.00870. The van der Waals surface area contributed by atoms with Gasteiger partial charge < -0.3 is 14.7 Å². The molecule has 1 aliphatic heterocycles. The quantitative estimate of drug-likeness (QED) is 0.891. The standard InChI is InChI=1S/C15H20BrNO3/c1-11(12-4-6-13(16)7-5-12)17-9-8-14(3-2-10-18)20-15(17)19/h4-7,11,14,18H,2-3,8-10H2,1H3. The van der Waals surface area contributed by atoms with Crippen molar-refractivity contribution in [3.05, 3.63) is 34.3 Å². The third kappa shape index (κ3) is 3.73. The number of nitrogens with zero attached hydrogens (tertiary/aromatic N) is 1. The number of carbonyl (C=O) groups is 1. The maximum Gasteiger partial charge on any atom is 0.410 e. The van der Waals surface area contributed by atoms with Gasteiger partial charge in [0.05, 0.1) is 6.04 Å². The van der Waals surface area contributed by atoms with Gasteiger partial charge in [-0.1, -0.05) is 28.1 Å². The van der Waals surface area contributed by atoms with Crippen LogP contribution in [0, 0.1) is 0 Å². The van der Waals surface area contributed by atoms with Gasteiger partial charge in [-0.3, -0.25) is 0 Å². The minimum Gasteiger partial charge on any atom is -0.446 e. The van der Waals surface area contributed by atoms with Crippen LogP contribution in [-0.2, 0) is 4.74 Å². The Kier molecular flexibility index (Phi) is 5.43. The number of rotatable bonds is 5. The number of carbonyl (C=O) groups excluding carboxylic acids is 1. The van der Waals surface area contributed by atoms with Crippen LogP contribution in [0.15, 0.2) is 28.7 Å². The molecule has 4 nitrogen and oxygen atoms in total. The van der Waals surface area contributed by atoms with E-state index in [4.69, 9.17) is 9.84 Å². The van der Waals surface area contributed by atoms with Gasteiger partial charge in [0.2, 0.25) is 0 Å². The Labute approximate surface area is 127 Å². The first kappa shape index (κ1) is 15.3. The zero-order chi connectivity index (χ0) is 14.5. The fraction of sp³-hybridized carbons (Fsp3) is 0.533. The van der Waals surface area contributed by atoms with Crippen molar-refractivity contribution < 1.29 is 14.6 Å². The summed E-state index contributed by atoms with van der Waals surface area (Å²) in [5.74, 6) is 0. The predicted octanol–water partition coefficient (Wildman–Crippen LogP) is 3.49. The van der Waals surface area contributed by atoms with Gasteiger partial charge in [-0.15, -0.1) is 0 Å². The number of ether oxygens (including phenoxy) is 1. The third-order valence-electron chi connectivity index (χ3n) is 3.70. The molecule has 1 amide bonds. The fourth-order valence-corrected chi connectivity index (χ4v) is 2.70. The van der Waals surface area contributed by atoms with Crippen molar-refractivity contribution in [3.63, 3.8) is 0 Å². The average Bonchev–Trinajstić information content (AvgIpc) is 2.45. The number of cyclic esters (lactones) is 1. The number of hydrogen-bond donors (Lipinski definition) is 1. The highest BCUT2D eigenvalue weighted by Gasteiger charge is 2.30. The van der Waals surface area contributed by atoms with E-state index in [1.165, 1.54) is 0 Å². The molecule has 0 aromatic heterocycles. The smallest absolute Gasteiger partial charge is 0.410 e. The summed E-state index contributed by atoms with van der Waals surface area (Å²) in [5.41, 5.74) is 1.10. The van der Waals surface area contributed by atoms with E-state index < -0.39 is 0 Å². The van der Waals surface area contributed by atoms with E-state index >= 15 is 0 Å². The number of hydrogen-bond acceptors (Lipinski definition) is 3. The minimum atomic E-state index is -0.255. The van der Waals surface area contributed by atoms with Crippen LogP contribution in [0.5, 0.6) is 0 Å². The van der Waals surface area contributed by atoms with Crippen molar-refractivity contribution >= 4 is 22.0 Å². The van der Waals surface area contributed by atoms with Gasteiger partial charge in [-0.05, 0) is 37.5 Å². The molecule has 2 unspecified atom stereocenters. The molecule has 0 spiro atoms. The van der Waals surface area contributed by atoms with Gasteiger partial charge in [-0.2, -0.15) is 0 Å². The van der Waals surface area contributed by atoms with Gasteiger partial charge in [0.1, 0.15) is 6.10 Å². The van der Waals surface area contributed by atoms with Crippen LogP contribution >= 0.6 is 15.9 Å². The summed E-state index contributed by atoms with van der Waals surface area (Å²) in [6.45, 7) is 2.86. The summed E-state index contributed by atoms with van der Waals surface area (Å²) < 4.78 is 6.46. The molecule has 0 radical (unpaired) electrons. The zero-order valence-electron chi connectivity index (χ0n) is 11.6. The summed E-state index contributed by atoms with van der Waals surface area (Å²) in [6, 6.07) is 7.99.